The number of ether oxygens (including phenoxy) is 2. The number of carbonyl (C=O) groups excluding carboxylic acids is 1. The van der Waals surface area contributed by atoms with E-state index in [1.807, 2.05) is 50.2 Å². The molecule has 1 unspecified atom stereocenters. The van der Waals surface area contributed by atoms with Crippen LogP contribution in [0, 0.1) is 5.92 Å². The number of fused-ring (bicyclic) bond motifs is 1. The molecule has 39 heavy (non-hydrogen) atoms. The van der Waals surface area contributed by atoms with E-state index in [0.717, 1.165) is 51.0 Å². The maximum atomic E-state index is 12.4. The largest absolute Gasteiger partial charge is 0.488 e. The molecule has 1 fully saturated rings. The number of hydrogen-bond donors (Lipinski definition) is 2. The zero-order chi connectivity index (χ0) is 27.2. The van der Waals surface area contributed by atoms with E-state index in [4.69, 9.17) is 19.6 Å². The highest BCUT2D eigenvalue weighted by Gasteiger charge is 2.21. The molecular formula is C33H38N2O4. The van der Waals surface area contributed by atoms with Gasteiger partial charge in [-0.15, -0.1) is 0 Å². The van der Waals surface area contributed by atoms with Gasteiger partial charge in [-0.2, -0.15) is 0 Å². The predicted molar refractivity (Wildman–Crippen MR) is 156 cm³/mol. The van der Waals surface area contributed by atoms with Gasteiger partial charge < -0.3 is 24.9 Å². The molecule has 0 aliphatic heterocycles. The molecule has 0 bridgehead atoms. The summed E-state index contributed by atoms with van der Waals surface area (Å²) in [5, 5.41) is 4.70. The van der Waals surface area contributed by atoms with E-state index in [0.29, 0.717) is 31.4 Å². The van der Waals surface area contributed by atoms with E-state index >= 15 is 0 Å². The van der Waals surface area contributed by atoms with Crippen molar-refractivity contribution in [2.45, 2.75) is 58.6 Å². The Morgan fingerprint density at radius 3 is 2.69 bits per heavy atom. The summed E-state index contributed by atoms with van der Waals surface area (Å²) in [6.45, 7) is 5.75. The molecular weight excluding hydrogens is 488 g/mol. The van der Waals surface area contributed by atoms with Gasteiger partial charge in [-0.3, -0.25) is 4.79 Å². The Hall–Kier alpha value is -3.77. The van der Waals surface area contributed by atoms with Crippen LogP contribution >= 0.6 is 0 Å². The summed E-state index contributed by atoms with van der Waals surface area (Å²) in [5.74, 6) is 0.679. The molecule has 1 aliphatic carbocycles. The van der Waals surface area contributed by atoms with Gasteiger partial charge in [-0.1, -0.05) is 49.2 Å². The zero-order valence-corrected chi connectivity index (χ0v) is 22.9. The molecule has 0 spiro atoms. The van der Waals surface area contributed by atoms with Gasteiger partial charge in [0.15, 0.2) is 5.58 Å². The lowest BCUT2D eigenvalue weighted by atomic mass is 9.99. The summed E-state index contributed by atoms with van der Waals surface area (Å²) in [6.07, 6.45) is 6.95. The van der Waals surface area contributed by atoms with Crippen LogP contribution in [-0.2, 0) is 22.7 Å². The Bertz CT molecular complexity index is 1420. The number of furan rings is 1. The molecule has 4 aromatic rings. The summed E-state index contributed by atoms with van der Waals surface area (Å²) >= 11 is 0. The van der Waals surface area contributed by atoms with Crippen molar-refractivity contribution in [3.05, 3.63) is 83.6 Å². The molecule has 0 amide bonds. The standard InChI is InChI=1S/C33H38N2O4/c1-3-37-33(36)22(2)28-13-6-7-14-31(28)38-20-27-21-39-32-29(27)16-26(25-12-8-11-24(15-25)18-34)17-30(32)35-19-23-9-4-5-10-23/h6-8,11-17,21-23,35H,3-5,9-10,18-20,34H2,1-2H3. The van der Waals surface area contributed by atoms with Gasteiger partial charge in [0.1, 0.15) is 12.4 Å². The number of esters is 1. The van der Waals surface area contributed by atoms with Crippen molar-refractivity contribution in [2.75, 3.05) is 18.5 Å². The lowest BCUT2D eigenvalue weighted by molar-refractivity contribution is -0.144. The average Bonchev–Trinajstić information content (AvgIpc) is 3.65. The van der Waals surface area contributed by atoms with Crippen molar-refractivity contribution in [1.29, 1.82) is 0 Å². The number of hydrogen-bond acceptors (Lipinski definition) is 6. The van der Waals surface area contributed by atoms with E-state index < -0.39 is 5.92 Å². The first-order valence-corrected chi connectivity index (χ1v) is 14.0. The van der Waals surface area contributed by atoms with Crippen LogP contribution in [0.2, 0.25) is 0 Å². The molecule has 6 nitrogen and oxygen atoms in total. The third-order valence-electron chi connectivity index (χ3n) is 7.71. The molecule has 3 N–H and O–H groups in total. The number of carbonyl (C=O) groups is 1. The monoisotopic (exact) mass is 526 g/mol. The number of rotatable bonds is 11. The molecule has 5 rings (SSSR count). The maximum absolute atomic E-state index is 12.4. The van der Waals surface area contributed by atoms with Crippen LogP contribution in [0.5, 0.6) is 5.75 Å². The molecule has 0 radical (unpaired) electrons. The van der Waals surface area contributed by atoms with Crippen molar-refractivity contribution >= 4 is 22.6 Å². The first-order valence-electron chi connectivity index (χ1n) is 14.0. The van der Waals surface area contributed by atoms with Gasteiger partial charge in [0, 0.05) is 29.6 Å². The molecule has 0 saturated heterocycles. The lowest BCUT2D eigenvalue weighted by Gasteiger charge is -2.16. The van der Waals surface area contributed by atoms with E-state index in [-0.39, 0.29) is 5.97 Å². The first-order chi connectivity index (χ1) is 19.1. The lowest BCUT2D eigenvalue weighted by Crippen LogP contribution is -2.14. The number of nitrogens with one attached hydrogen (secondary N) is 1. The van der Waals surface area contributed by atoms with Gasteiger partial charge >= 0.3 is 5.97 Å². The summed E-state index contributed by atoms with van der Waals surface area (Å²) < 4.78 is 17.7. The number of anilines is 1. The second-order valence-corrected chi connectivity index (χ2v) is 10.4. The summed E-state index contributed by atoms with van der Waals surface area (Å²) in [4.78, 5) is 12.4. The molecule has 204 valence electrons. The molecule has 1 aromatic heterocycles. The topological polar surface area (TPSA) is 86.7 Å². The summed E-state index contributed by atoms with van der Waals surface area (Å²) in [6, 6.07) is 20.3. The van der Waals surface area contributed by atoms with Crippen LogP contribution in [0.15, 0.2) is 71.3 Å². The summed E-state index contributed by atoms with van der Waals surface area (Å²) in [5.41, 5.74) is 12.8. The number of benzene rings is 3. The first kappa shape index (κ1) is 26.8. The fourth-order valence-electron chi connectivity index (χ4n) is 5.46. The van der Waals surface area contributed by atoms with Crippen LogP contribution in [-0.4, -0.2) is 19.1 Å². The number of nitrogens with two attached hydrogens (primary N) is 1. The van der Waals surface area contributed by atoms with Crippen molar-refractivity contribution in [3.63, 3.8) is 0 Å². The van der Waals surface area contributed by atoms with Crippen molar-refractivity contribution < 1.29 is 18.7 Å². The van der Waals surface area contributed by atoms with E-state index in [1.54, 1.807) is 6.26 Å². The molecule has 3 aromatic carbocycles. The van der Waals surface area contributed by atoms with Gasteiger partial charge in [-0.25, -0.2) is 0 Å². The van der Waals surface area contributed by atoms with E-state index in [9.17, 15) is 4.79 Å². The van der Waals surface area contributed by atoms with Crippen LogP contribution in [0.25, 0.3) is 22.1 Å². The Balaban J connectivity index is 1.46. The predicted octanol–water partition coefficient (Wildman–Crippen LogP) is 7.41. The van der Waals surface area contributed by atoms with Crippen LogP contribution in [0.4, 0.5) is 5.69 Å². The third-order valence-corrected chi connectivity index (χ3v) is 7.71. The zero-order valence-electron chi connectivity index (χ0n) is 22.9. The number of para-hydroxylation sites is 1. The van der Waals surface area contributed by atoms with E-state index in [2.05, 4.69) is 29.6 Å². The van der Waals surface area contributed by atoms with E-state index in [1.165, 1.54) is 25.7 Å². The molecule has 6 heteroatoms. The minimum absolute atomic E-state index is 0.260. The van der Waals surface area contributed by atoms with Crippen molar-refractivity contribution in [2.24, 2.45) is 11.7 Å². The van der Waals surface area contributed by atoms with Gasteiger partial charge in [-0.05, 0) is 73.6 Å². The highest BCUT2D eigenvalue weighted by molar-refractivity contribution is 5.96. The van der Waals surface area contributed by atoms with Crippen LogP contribution in [0.1, 0.15) is 62.1 Å². The molecule has 1 heterocycles. The van der Waals surface area contributed by atoms with Gasteiger partial charge in [0.25, 0.3) is 0 Å². The highest BCUT2D eigenvalue weighted by Crippen LogP contribution is 2.36. The molecule has 1 saturated carbocycles. The normalized spacial score (nSPS) is 14.4. The Kier molecular flexibility index (Phi) is 8.52. The Morgan fingerprint density at radius 2 is 1.90 bits per heavy atom. The minimum Gasteiger partial charge on any atom is -0.488 e. The minimum atomic E-state index is -0.421. The molecule has 1 atom stereocenters. The molecule has 1 aliphatic rings. The second kappa shape index (κ2) is 12.4. The second-order valence-electron chi connectivity index (χ2n) is 10.4. The fraction of sp³-hybridized carbons (Fsp3) is 0.364. The Labute approximate surface area is 230 Å². The third kappa shape index (κ3) is 6.12. The van der Waals surface area contributed by atoms with Crippen molar-refractivity contribution in [3.8, 4) is 16.9 Å². The van der Waals surface area contributed by atoms with Gasteiger partial charge in [0.2, 0.25) is 0 Å². The maximum Gasteiger partial charge on any atom is 0.313 e. The van der Waals surface area contributed by atoms with Crippen LogP contribution in [0.3, 0.4) is 0 Å². The Morgan fingerprint density at radius 1 is 1.08 bits per heavy atom. The quantitative estimate of drug-likeness (QED) is 0.198. The smallest absolute Gasteiger partial charge is 0.313 e. The SMILES string of the molecule is CCOC(=O)C(C)c1ccccc1OCc1coc2c(NCC3CCCC3)cc(-c3cccc(CN)c3)cc12. The van der Waals surface area contributed by atoms with Crippen LogP contribution < -0.4 is 15.8 Å². The fourth-order valence-corrected chi connectivity index (χ4v) is 5.46. The van der Waals surface area contributed by atoms with Gasteiger partial charge in [0.05, 0.1) is 24.5 Å². The van der Waals surface area contributed by atoms with Crippen molar-refractivity contribution in [1.82, 2.24) is 0 Å². The average molecular weight is 527 g/mol. The summed E-state index contributed by atoms with van der Waals surface area (Å²) in [7, 11) is 0. The highest BCUT2D eigenvalue weighted by atomic mass is 16.5.